The van der Waals surface area contributed by atoms with Crippen molar-refractivity contribution in [3.8, 4) is 0 Å². The van der Waals surface area contributed by atoms with E-state index in [-0.39, 0.29) is 6.08 Å². The number of carbonyl (C=O) groups excluding carboxylic acids is 2. The van der Waals surface area contributed by atoms with Gasteiger partial charge < -0.3 is 133 Å². The first-order valence-corrected chi connectivity index (χ1v) is 49.5. The molecule has 2 amide bonds. The van der Waals surface area contributed by atoms with Crippen LogP contribution in [-0.4, -0.2) is 462 Å². The maximum Gasteiger partial charge on any atom is 0.397 e. The van der Waals surface area contributed by atoms with Crippen LogP contribution in [0.3, 0.4) is 0 Å². The second-order valence-corrected chi connectivity index (χ2v) is 38.9. The molecule has 7 saturated heterocycles. The molecule has 0 aromatic carbocycles. The lowest BCUT2D eigenvalue weighted by Gasteiger charge is -2.52. The van der Waals surface area contributed by atoms with E-state index in [4.69, 9.17) is 74.7 Å². The lowest BCUT2D eigenvalue weighted by molar-refractivity contribution is -0.389. The zero-order chi connectivity index (χ0) is 102. The lowest BCUT2D eigenvalue weighted by Crippen LogP contribution is -2.72. The molecular formula is C52H82N2O70S10. The zero-order valence-electron chi connectivity index (χ0n) is 66.5. The summed E-state index contributed by atoms with van der Waals surface area (Å²) < 4.78 is 467. The topological polar surface area (TPSA) is 1100 Å². The molecule has 7 aliphatic heterocycles. The van der Waals surface area contributed by atoms with Crippen LogP contribution in [0.25, 0.3) is 0 Å². The van der Waals surface area contributed by atoms with Gasteiger partial charge in [-0.15, -0.1) is 0 Å². The molecule has 7 aliphatic rings. The van der Waals surface area contributed by atoms with E-state index in [9.17, 15) is 210 Å². The van der Waals surface area contributed by atoms with Crippen molar-refractivity contribution in [2.24, 2.45) is 0 Å². The number of aliphatic hydroxyl groups excluding tert-OH is 8. The average molecular weight is 2180 g/mol. The number of carbonyl (C=O) groups is 5. The van der Waals surface area contributed by atoms with Crippen LogP contribution >= 0.6 is 0 Å². The van der Waals surface area contributed by atoms with E-state index in [0.717, 1.165) is 0 Å². The Kier molecular flexibility index (Phi) is 38.8. The molecule has 0 aromatic rings. The summed E-state index contributed by atoms with van der Waals surface area (Å²) >= 11 is 0. The fraction of sp³-hybridized carbons (Fsp3) is 0.865. The molecule has 23 N–H and O–H groups in total. The van der Waals surface area contributed by atoms with Crippen molar-refractivity contribution in [2.45, 2.75) is 262 Å². The van der Waals surface area contributed by atoms with Crippen LogP contribution in [0, 0.1) is 0 Å². The number of ether oxygens (including phenoxy) is 14. The smallest absolute Gasteiger partial charge is 0.397 e. The Morgan fingerprint density at radius 3 is 0.955 bits per heavy atom. The maximum absolute atomic E-state index is 14.2. The Labute approximate surface area is 751 Å². The number of rotatable bonds is 44. The SMILES string of the molecule is CC(=O)NC1[C@H](O[C@@H]2C(C(=O)O)O[C@@H](O[C@@H]3C(NC(C)=O)[C@H](O[C@@H]4C(C(=O)O)OC(O)C(O)[C@H]4O[C@@H]4OC(C)[C@@H](OS(=O)(=O)O)[C@H](OS(=O)(=O)O)C4O)OC(COS(=O)(=O)O)[C@@H]3OS(=O)(=O)O)[C@@H](O)C2O[C@@H]2OC(C)[C@@H](OS(=O)(=O)O)[C@H](OS(=O)(=O)O)C2O)OC(COS(=O)(=O)O)[C@H](OS(=O)(=O)O)[C@@H]1OCC(O)[C@H](/C=C(\O)C(=O)O)O[C@@H]1OC(C)[C@@H](OS(=O)(=O)O)[C@H](OS(=O)(=O)O)C1O. The van der Waals surface area contributed by atoms with E-state index in [1.807, 2.05) is 10.6 Å². The quantitative estimate of drug-likeness (QED) is 0.0153. The summed E-state index contributed by atoms with van der Waals surface area (Å²) in [6, 6.07) is -5.91. The Hall–Kier alpha value is -5.25. The van der Waals surface area contributed by atoms with Crippen molar-refractivity contribution < 1.29 is 318 Å². The monoisotopic (exact) mass is 2170 g/mol. The van der Waals surface area contributed by atoms with E-state index in [1.165, 1.54) is 0 Å². The number of nitrogens with one attached hydrogen (secondary N) is 2. The molecule has 0 aliphatic carbocycles. The summed E-state index contributed by atoms with van der Waals surface area (Å²) in [5, 5.41) is 128. The Balaban J connectivity index is 1.46. The van der Waals surface area contributed by atoms with Gasteiger partial charge in [0.05, 0.1) is 38.1 Å². The number of amides is 2. The molecule has 0 aromatic heterocycles. The largest absolute Gasteiger partial charge is 0.502 e. The predicted molar refractivity (Wildman–Crippen MR) is 390 cm³/mol. The van der Waals surface area contributed by atoms with Gasteiger partial charge in [-0.25, -0.2) is 56.2 Å². The van der Waals surface area contributed by atoms with Crippen molar-refractivity contribution >= 4 is 134 Å². The highest BCUT2D eigenvalue weighted by atomic mass is 32.3. The summed E-state index contributed by atoms with van der Waals surface area (Å²) in [7, 11) is -60.5. The molecule has 0 saturated carbocycles. The van der Waals surface area contributed by atoms with Gasteiger partial charge in [0, 0.05) is 13.8 Å². The number of hydrogen-bond donors (Lipinski definition) is 23. The lowest BCUT2D eigenvalue weighted by atomic mass is 9.93. The minimum atomic E-state index is -6.44. The van der Waals surface area contributed by atoms with E-state index in [1.54, 1.807) is 0 Å². The van der Waals surface area contributed by atoms with Crippen LogP contribution in [0.15, 0.2) is 11.8 Å². The van der Waals surface area contributed by atoms with Crippen LogP contribution < -0.4 is 10.6 Å². The van der Waals surface area contributed by atoms with Gasteiger partial charge in [0.15, 0.2) is 62.0 Å². The summed E-state index contributed by atoms with van der Waals surface area (Å²) in [5.74, 6) is -12.7. The standard InChI is InChI=1S/C52H82N2O70S10/c1-10-27(117-127(77,78)79)36(122-132(92,93)94)24(61)49(104-10)107-17(6-15(57)43(64)65)16(58)7-101-32-20(53-13(4)55)47(108-18(8-102-125(71,72)73)30(32)120-130(86,87)88)115-40-35(113-51-26(63)38(124-134(98,99)100)29(12(3)106-51)119-129(83,84)85)23(60)52(116-42(40)45(68)69)111-33-21(54-14(5)56)48(109-19(9-103-126(74,75)76)31(33)121-131(89,90)91)114-39-34(22(59)46(70)110-41(39)44(66)67)112-50-25(62)37(123-133(95,96)97)28(11(2)105-50)118-128(80,81)82/h6,10-12,16-42,46-52,57-63,70H,7-9H2,1-5H3,(H,53,55)(H,54,56)(H,64,65)(H,66,67)(H,68,69)(H,71,72,73)(H,74,75,76)(H,77,78,79)(H,80,81,82)(H,83,84,85)(H,86,87,88)(H,89,90,91)(H,92,93,94)(H,95,96,97)(H,98,99,100)/b15-6-/t10?,11?,12?,16?,17-,18?,19?,20?,21?,22?,23-,24?,25?,26?,27+,28+,29+,30-,31-,32+,33+,34+,35?,36+,37+,38+,39-,40-,41?,42?,46?,47-,48-,49-,50-,51-,52+/m0/s1. The van der Waals surface area contributed by atoms with E-state index in [0.29, 0.717) is 34.6 Å². The molecule has 82 heteroatoms. The Morgan fingerprint density at radius 1 is 0.336 bits per heavy atom. The summed E-state index contributed by atoms with van der Waals surface area (Å²) in [6.45, 7) is -3.13. The molecule has 780 valence electrons. The van der Waals surface area contributed by atoms with Crippen LogP contribution in [0.2, 0.25) is 0 Å². The second kappa shape index (κ2) is 44.9. The highest BCUT2D eigenvalue weighted by Crippen LogP contribution is 2.42. The van der Waals surface area contributed by atoms with Gasteiger partial charge in [0.25, 0.3) is 0 Å². The Morgan fingerprint density at radius 2 is 0.619 bits per heavy atom. The molecule has 72 nitrogen and oxygen atoms in total. The van der Waals surface area contributed by atoms with Gasteiger partial charge in [-0.1, -0.05) is 0 Å². The van der Waals surface area contributed by atoms with E-state index >= 15 is 0 Å². The molecule has 0 bridgehead atoms. The summed E-state index contributed by atoms with van der Waals surface area (Å²) in [5.41, 5.74) is 0. The third-order valence-electron chi connectivity index (χ3n) is 18.6. The second-order valence-electron chi connectivity index (χ2n) is 28.3. The van der Waals surface area contributed by atoms with E-state index < -0.39 is 386 Å². The van der Waals surface area contributed by atoms with Crippen molar-refractivity contribution in [1.82, 2.24) is 10.6 Å². The van der Waals surface area contributed by atoms with Crippen LogP contribution in [0.4, 0.5) is 0 Å². The van der Waals surface area contributed by atoms with Gasteiger partial charge in [-0.3, -0.25) is 55.1 Å². The van der Waals surface area contributed by atoms with Crippen LogP contribution in [0.5, 0.6) is 0 Å². The maximum atomic E-state index is 14.2. The van der Waals surface area contributed by atoms with Gasteiger partial charge in [0.2, 0.25) is 11.8 Å². The summed E-state index contributed by atoms with van der Waals surface area (Å²) in [4.78, 5) is 66.8. The molecular weight excluding hydrogens is 2090 g/mol. The third kappa shape index (κ3) is 33.7. The number of aliphatic hydroxyl groups is 8. The predicted octanol–water partition coefficient (Wildman–Crippen LogP) is -15.2. The van der Waals surface area contributed by atoms with Crippen LogP contribution in [-0.2, 0) is 236 Å². The number of hydrogen-bond acceptors (Lipinski definition) is 57. The van der Waals surface area contributed by atoms with Crippen molar-refractivity contribution in [3.63, 3.8) is 0 Å². The molecule has 7 rings (SSSR count). The first kappa shape index (κ1) is 116. The first-order chi connectivity index (χ1) is 60.8. The molecule has 7 heterocycles. The number of carboxylic acids is 3. The van der Waals surface area contributed by atoms with Crippen LogP contribution in [0.1, 0.15) is 34.6 Å². The zero-order valence-corrected chi connectivity index (χ0v) is 74.7. The van der Waals surface area contributed by atoms with Gasteiger partial charge in [-0.05, 0) is 26.8 Å². The summed E-state index contributed by atoms with van der Waals surface area (Å²) in [6.07, 6.45) is -105. The molecule has 37 atom stereocenters. The highest BCUT2D eigenvalue weighted by Gasteiger charge is 2.64. The minimum absolute atomic E-state index is 0.0817. The molecule has 0 spiro atoms. The van der Waals surface area contributed by atoms with Gasteiger partial charge >= 0.3 is 122 Å². The third-order valence-corrected chi connectivity index (χ3v) is 23.2. The number of aliphatic carboxylic acids is 3. The highest BCUT2D eigenvalue weighted by molar-refractivity contribution is 7.83. The molecule has 7 fully saturated rings. The van der Waals surface area contributed by atoms with Gasteiger partial charge in [0.1, 0.15) is 152 Å². The fourth-order valence-corrected chi connectivity index (χ4v) is 18.4. The van der Waals surface area contributed by atoms with Crippen molar-refractivity contribution in [1.29, 1.82) is 0 Å². The normalized spacial score (nSPS) is 37.7. The van der Waals surface area contributed by atoms with Gasteiger partial charge in [-0.2, -0.15) is 84.2 Å². The van der Waals surface area contributed by atoms with Crippen molar-refractivity contribution in [2.75, 3.05) is 19.8 Å². The average Bonchev–Trinajstić information content (AvgIpc) is 0.747. The van der Waals surface area contributed by atoms with E-state index in [2.05, 4.69) is 33.5 Å². The molecule has 134 heavy (non-hydrogen) atoms. The van der Waals surface area contributed by atoms with Crippen molar-refractivity contribution in [3.05, 3.63) is 11.8 Å². The fourth-order valence-electron chi connectivity index (χ4n) is 13.6. The minimum Gasteiger partial charge on any atom is -0.502 e. The number of carboxylic acid groups (broad SMARTS) is 3. The Bertz CT molecular complexity index is 5380. The molecule has 0 radical (unpaired) electrons. The first-order valence-electron chi connectivity index (χ1n) is 35.8. The molecule has 16 unspecified atom stereocenters.